The predicted molar refractivity (Wildman–Crippen MR) is 54.4 cm³/mol. The van der Waals surface area contributed by atoms with Crippen LogP contribution in [0.25, 0.3) is 0 Å². The molecule has 0 bridgehead atoms. The topological polar surface area (TPSA) is 93.1 Å². The van der Waals surface area contributed by atoms with Crippen LogP contribution in [0.5, 0.6) is 0 Å². The van der Waals surface area contributed by atoms with Crippen molar-refractivity contribution in [3.8, 4) is 0 Å². The first-order valence-electron chi connectivity index (χ1n) is 4.76. The highest BCUT2D eigenvalue weighted by Gasteiger charge is 2.00. The van der Waals surface area contributed by atoms with Crippen LogP contribution < -0.4 is 0 Å². The lowest BCUT2D eigenvalue weighted by Gasteiger charge is -1.94. The van der Waals surface area contributed by atoms with Crippen molar-refractivity contribution in [2.75, 3.05) is 13.2 Å². The fourth-order valence-electron chi connectivity index (χ4n) is 0.493. The van der Waals surface area contributed by atoms with E-state index in [9.17, 15) is 8.92 Å². The molecule has 0 saturated carbocycles. The Kier molecular flexibility index (Phi) is 14.7. The summed E-state index contributed by atoms with van der Waals surface area (Å²) >= 11 is 0. The van der Waals surface area contributed by atoms with Crippen molar-refractivity contribution in [3.63, 3.8) is 0 Å². The Balaban J connectivity index is 0. The molecule has 0 atom stereocenters. The van der Waals surface area contributed by atoms with Crippen molar-refractivity contribution in [1.82, 2.24) is 0 Å². The molecule has 0 heterocycles. The second-order valence-electron chi connectivity index (χ2n) is 2.58. The van der Waals surface area contributed by atoms with Crippen molar-refractivity contribution in [2.24, 2.45) is 0 Å². The van der Waals surface area contributed by atoms with Gasteiger partial charge in [0.05, 0.1) is 13.2 Å². The summed E-state index contributed by atoms with van der Waals surface area (Å²) in [6, 6.07) is 0. The van der Waals surface area contributed by atoms with E-state index in [2.05, 4.69) is 8.85 Å². The summed E-state index contributed by atoms with van der Waals surface area (Å²) in [4.78, 5) is 16.1. The molecule has 6 nitrogen and oxygen atoms in total. The molecule has 90 valence electrons. The molecular weight excluding hydrogens is 236 g/mol. The van der Waals surface area contributed by atoms with Gasteiger partial charge in [0, 0.05) is 0 Å². The Morgan fingerprint density at radius 1 is 0.933 bits per heavy atom. The van der Waals surface area contributed by atoms with E-state index in [1.165, 1.54) is 0 Å². The van der Waals surface area contributed by atoms with E-state index in [0.717, 1.165) is 19.3 Å². The minimum atomic E-state index is -2.66. The third-order valence-electron chi connectivity index (χ3n) is 1.15. The fourth-order valence-corrected chi connectivity index (χ4v) is 1.19. The highest BCUT2D eigenvalue weighted by Crippen LogP contribution is 1.85. The minimum Gasteiger partial charge on any atom is -0.511 e. The van der Waals surface area contributed by atoms with Gasteiger partial charge in [0.2, 0.25) is 0 Å². The number of unbranched alkanes of at least 4 members (excludes halogenated alkanes) is 1. The van der Waals surface area contributed by atoms with Crippen LogP contribution in [0.3, 0.4) is 0 Å². The van der Waals surface area contributed by atoms with Gasteiger partial charge in [-0.15, -0.1) is 0 Å². The highest BCUT2D eigenvalue weighted by molar-refractivity contribution is 6.24. The number of rotatable bonds is 7. The van der Waals surface area contributed by atoms with Gasteiger partial charge in [-0.3, -0.25) is 8.92 Å². The molecule has 0 aromatic rings. The van der Waals surface area contributed by atoms with Gasteiger partial charge in [-0.2, -0.15) is 0 Å². The molecule has 15 heavy (non-hydrogen) atoms. The molecule has 2 N–H and O–H groups in total. The van der Waals surface area contributed by atoms with Gasteiger partial charge in [0.15, 0.2) is 0 Å². The van der Waals surface area contributed by atoms with Gasteiger partial charge in [-0.1, -0.05) is 20.3 Å². The molecule has 0 aliphatic carbocycles. The van der Waals surface area contributed by atoms with E-state index in [1.807, 2.05) is 13.8 Å². The molecular formula is C7H18O6Si2. The normalized spacial score (nSPS) is 8.40. The molecule has 0 unspecified atom stereocenters. The Morgan fingerprint density at radius 3 is 1.67 bits per heavy atom. The van der Waals surface area contributed by atoms with Gasteiger partial charge in [0.1, 0.15) is 0 Å². The first-order valence-corrected chi connectivity index (χ1v) is 7.28. The van der Waals surface area contributed by atoms with Crippen molar-refractivity contribution >= 4 is 18.3 Å². The maximum absolute atomic E-state index is 9.84. The molecule has 0 spiro atoms. The molecule has 0 aromatic carbocycles. The maximum atomic E-state index is 9.84. The van der Waals surface area contributed by atoms with E-state index >= 15 is 0 Å². The van der Waals surface area contributed by atoms with Crippen LogP contribution in [0.4, 0.5) is 0 Å². The average molecular weight is 254 g/mol. The zero-order valence-electron chi connectivity index (χ0n) is 9.06. The smallest absolute Gasteiger partial charge is 0.511 e. The molecule has 0 saturated heterocycles. The van der Waals surface area contributed by atoms with Crippen LogP contribution in [0.15, 0.2) is 0 Å². The SMILES string of the molecule is CCCCO[Si](=O)O.CCCO[Si](=O)O. The first kappa shape index (κ1) is 16.7. The molecule has 0 amide bonds. The third kappa shape index (κ3) is 24.6. The number of hydrogen-bond acceptors (Lipinski definition) is 4. The molecule has 0 aliphatic heterocycles. The third-order valence-corrected chi connectivity index (χ3v) is 2.06. The number of hydrogen-bond donors (Lipinski definition) is 2. The van der Waals surface area contributed by atoms with Crippen molar-refractivity contribution in [2.45, 2.75) is 33.1 Å². The van der Waals surface area contributed by atoms with Crippen LogP contribution in [0, 0.1) is 0 Å². The Morgan fingerprint density at radius 2 is 1.40 bits per heavy atom. The van der Waals surface area contributed by atoms with Crippen molar-refractivity contribution in [3.05, 3.63) is 0 Å². The lowest BCUT2D eigenvalue weighted by atomic mass is 10.4. The van der Waals surface area contributed by atoms with Crippen LogP contribution in [0.2, 0.25) is 0 Å². The maximum Gasteiger partial charge on any atom is 0.764 e. The summed E-state index contributed by atoms with van der Waals surface area (Å²) in [5, 5.41) is 0. The zero-order chi connectivity index (χ0) is 12.1. The van der Waals surface area contributed by atoms with Crippen LogP contribution in [0.1, 0.15) is 33.1 Å². The summed E-state index contributed by atoms with van der Waals surface area (Å²) < 4.78 is 28.2. The molecule has 0 fully saturated rings. The summed E-state index contributed by atoms with van der Waals surface area (Å²) in [7, 11) is -5.30. The molecule has 8 heteroatoms. The Bertz CT molecular complexity index is 175. The molecule has 0 aliphatic rings. The lowest BCUT2D eigenvalue weighted by molar-refractivity contribution is 0.220. The molecule has 0 aromatic heterocycles. The second-order valence-corrected chi connectivity index (χ2v) is 4.22. The van der Waals surface area contributed by atoms with Crippen LogP contribution >= 0.6 is 0 Å². The largest absolute Gasteiger partial charge is 0.764 e. The van der Waals surface area contributed by atoms with Crippen molar-refractivity contribution < 1.29 is 27.4 Å². The van der Waals surface area contributed by atoms with Gasteiger partial charge < -0.3 is 18.4 Å². The molecule has 0 rings (SSSR count). The standard InChI is InChI=1S/C4H10O3Si.C3H8O3Si/c1-2-3-4-7-8(5)6;1-2-3-6-7(4)5/h5H,2-4H2,1H3;4H,2-3H2,1H3. The molecule has 0 radical (unpaired) electrons. The summed E-state index contributed by atoms with van der Waals surface area (Å²) in [5.74, 6) is 0. The van der Waals surface area contributed by atoms with Crippen molar-refractivity contribution in [1.29, 1.82) is 0 Å². The zero-order valence-corrected chi connectivity index (χ0v) is 11.1. The highest BCUT2D eigenvalue weighted by atomic mass is 28.3. The quantitative estimate of drug-likeness (QED) is 0.492. The monoisotopic (exact) mass is 254 g/mol. The van der Waals surface area contributed by atoms with E-state index in [1.54, 1.807) is 0 Å². The van der Waals surface area contributed by atoms with Crippen LogP contribution in [-0.2, 0) is 17.8 Å². The Labute approximate surface area is 92.7 Å². The average Bonchev–Trinajstić information content (AvgIpc) is 2.15. The fraction of sp³-hybridized carbons (Fsp3) is 1.00. The van der Waals surface area contributed by atoms with Gasteiger partial charge >= 0.3 is 18.3 Å². The van der Waals surface area contributed by atoms with Gasteiger partial charge in [0.25, 0.3) is 0 Å². The first-order chi connectivity index (χ1) is 7.04. The predicted octanol–water partition coefficient (Wildman–Crippen LogP) is 0.0315. The van der Waals surface area contributed by atoms with E-state index in [4.69, 9.17) is 9.59 Å². The Hall–Kier alpha value is -0.766. The van der Waals surface area contributed by atoms with E-state index in [-0.39, 0.29) is 0 Å². The van der Waals surface area contributed by atoms with Crippen LogP contribution in [-0.4, -0.2) is 41.1 Å². The summed E-state index contributed by atoms with van der Waals surface area (Å²) in [6.07, 6.45) is 2.64. The van der Waals surface area contributed by atoms with Gasteiger partial charge in [-0.25, -0.2) is 0 Å². The minimum absolute atomic E-state index is 0.383. The van der Waals surface area contributed by atoms with E-state index < -0.39 is 18.3 Å². The summed E-state index contributed by atoms with van der Waals surface area (Å²) in [6.45, 7) is 4.67. The lowest BCUT2D eigenvalue weighted by Crippen LogP contribution is -2.05. The second kappa shape index (κ2) is 13.2. The van der Waals surface area contributed by atoms with E-state index in [0.29, 0.717) is 13.2 Å². The summed E-state index contributed by atoms with van der Waals surface area (Å²) in [5.41, 5.74) is 0. The van der Waals surface area contributed by atoms with Gasteiger partial charge in [-0.05, 0) is 12.8 Å².